The Kier molecular flexibility index (Phi) is 6.58. The molecule has 0 aliphatic carbocycles. The number of nitrogens with zero attached hydrogens (tertiary/aromatic N) is 2. The summed E-state index contributed by atoms with van der Waals surface area (Å²) in [5.41, 5.74) is 1.07. The minimum atomic E-state index is -0.748. The molecular weight excluding hydrogens is 374 g/mol. The average molecular weight is 397 g/mol. The summed E-state index contributed by atoms with van der Waals surface area (Å²) in [6.45, 7) is 0.992. The second-order valence-corrected chi connectivity index (χ2v) is 6.48. The van der Waals surface area contributed by atoms with Gasteiger partial charge in [-0.05, 0) is 35.9 Å². The molecule has 1 fully saturated rings. The van der Waals surface area contributed by atoms with Crippen molar-refractivity contribution in [2.75, 3.05) is 33.4 Å². The molecule has 2 heterocycles. The first-order chi connectivity index (χ1) is 14.1. The molecule has 0 saturated carbocycles. The van der Waals surface area contributed by atoms with E-state index in [1.807, 2.05) is 0 Å². The van der Waals surface area contributed by atoms with Crippen LogP contribution in [0, 0.1) is 0 Å². The highest BCUT2D eigenvalue weighted by molar-refractivity contribution is 6.46. The number of hydrogen-bond acceptors (Lipinski definition) is 7. The number of Topliss-reactive ketones (excluding diaryl/α,β-unsaturated/α-hetero) is 1. The van der Waals surface area contributed by atoms with Crippen molar-refractivity contribution < 1.29 is 24.5 Å². The van der Waals surface area contributed by atoms with Crippen LogP contribution in [0.4, 0.5) is 0 Å². The first-order valence-electron chi connectivity index (χ1n) is 9.22. The summed E-state index contributed by atoms with van der Waals surface area (Å²) in [4.78, 5) is 31.0. The molecule has 1 aromatic carbocycles. The number of aliphatic hydroxyl groups excluding tert-OH is 2. The van der Waals surface area contributed by atoms with Crippen LogP contribution in [0.2, 0.25) is 0 Å². The first kappa shape index (κ1) is 20.5. The van der Waals surface area contributed by atoms with Crippen LogP contribution in [-0.4, -0.2) is 65.1 Å². The number of hydrogen-bond donors (Lipinski definition) is 3. The van der Waals surface area contributed by atoms with Crippen molar-refractivity contribution in [1.29, 1.82) is 0 Å². The molecule has 3 N–H and O–H groups in total. The Bertz CT molecular complexity index is 896. The number of likely N-dealkylation sites (tertiary alicyclic amines) is 1. The lowest BCUT2D eigenvalue weighted by Crippen LogP contribution is -2.36. The molecule has 1 amide bonds. The molecule has 0 spiro atoms. The number of methoxy groups -OCH3 is 1. The van der Waals surface area contributed by atoms with Crippen LogP contribution < -0.4 is 10.1 Å². The Morgan fingerprint density at radius 3 is 2.59 bits per heavy atom. The van der Waals surface area contributed by atoms with Gasteiger partial charge in [-0.15, -0.1) is 0 Å². The number of carbonyl (C=O) groups is 2. The largest absolute Gasteiger partial charge is 0.507 e. The highest BCUT2D eigenvalue weighted by Gasteiger charge is 2.45. The van der Waals surface area contributed by atoms with Gasteiger partial charge in [0.1, 0.15) is 11.5 Å². The number of benzene rings is 1. The summed E-state index contributed by atoms with van der Waals surface area (Å²) in [5, 5.41) is 22.8. The Balaban J connectivity index is 2.02. The number of ketones is 1. The van der Waals surface area contributed by atoms with Gasteiger partial charge in [0.25, 0.3) is 11.7 Å². The van der Waals surface area contributed by atoms with Crippen molar-refractivity contribution in [3.8, 4) is 5.75 Å². The maximum atomic E-state index is 12.8. The highest BCUT2D eigenvalue weighted by atomic mass is 16.5. The third kappa shape index (κ3) is 4.28. The number of aromatic nitrogens is 1. The lowest BCUT2D eigenvalue weighted by molar-refractivity contribution is -0.139. The van der Waals surface area contributed by atoms with Crippen LogP contribution in [0.3, 0.4) is 0 Å². The molecule has 152 valence electrons. The number of aliphatic hydroxyl groups is 2. The topological polar surface area (TPSA) is 112 Å². The summed E-state index contributed by atoms with van der Waals surface area (Å²) in [6.07, 6.45) is 3.17. The molecular formula is C21H23N3O5. The summed E-state index contributed by atoms with van der Waals surface area (Å²) in [5.74, 6) is -1.06. The Labute approximate surface area is 168 Å². The predicted octanol–water partition coefficient (Wildman–Crippen LogP) is 1.09. The van der Waals surface area contributed by atoms with Gasteiger partial charge in [0, 0.05) is 37.6 Å². The normalized spacial score (nSPS) is 18.3. The van der Waals surface area contributed by atoms with Gasteiger partial charge >= 0.3 is 0 Å². The van der Waals surface area contributed by atoms with Gasteiger partial charge in [-0.25, -0.2) is 0 Å². The zero-order valence-corrected chi connectivity index (χ0v) is 16.0. The minimum Gasteiger partial charge on any atom is -0.507 e. The monoisotopic (exact) mass is 397 g/mol. The smallest absolute Gasteiger partial charge is 0.295 e. The molecule has 0 unspecified atom stereocenters. The molecule has 0 radical (unpaired) electrons. The van der Waals surface area contributed by atoms with E-state index in [1.165, 1.54) is 12.0 Å². The van der Waals surface area contributed by atoms with Crippen molar-refractivity contribution in [3.63, 3.8) is 0 Å². The summed E-state index contributed by atoms with van der Waals surface area (Å²) < 4.78 is 5.12. The van der Waals surface area contributed by atoms with Crippen LogP contribution in [0.1, 0.15) is 17.2 Å². The van der Waals surface area contributed by atoms with Crippen molar-refractivity contribution in [2.45, 2.75) is 6.04 Å². The number of rotatable bonds is 8. The molecule has 1 aliphatic heterocycles. The van der Waals surface area contributed by atoms with Crippen LogP contribution in [0.5, 0.6) is 5.75 Å². The predicted molar refractivity (Wildman–Crippen MR) is 106 cm³/mol. The Morgan fingerprint density at radius 2 is 1.97 bits per heavy atom. The minimum absolute atomic E-state index is 0.0234. The zero-order chi connectivity index (χ0) is 20.8. The molecule has 3 rings (SSSR count). The summed E-state index contributed by atoms with van der Waals surface area (Å²) >= 11 is 0. The maximum absolute atomic E-state index is 12.8. The van der Waals surface area contributed by atoms with Crippen LogP contribution in [0.25, 0.3) is 5.76 Å². The molecule has 8 nitrogen and oxygen atoms in total. The van der Waals surface area contributed by atoms with Crippen molar-refractivity contribution in [1.82, 2.24) is 15.2 Å². The molecule has 1 saturated heterocycles. The van der Waals surface area contributed by atoms with E-state index in [-0.39, 0.29) is 24.5 Å². The van der Waals surface area contributed by atoms with Crippen LogP contribution in [0.15, 0.2) is 54.4 Å². The fourth-order valence-corrected chi connectivity index (χ4v) is 3.30. The van der Waals surface area contributed by atoms with E-state index in [1.54, 1.807) is 48.8 Å². The van der Waals surface area contributed by atoms with Gasteiger partial charge in [-0.2, -0.15) is 0 Å². The Morgan fingerprint density at radius 1 is 1.21 bits per heavy atom. The zero-order valence-electron chi connectivity index (χ0n) is 16.0. The second-order valence-electron chi connectivity index (χ2n) is 6.48. The van der Waals surface area contributed by atoms with E-state index in [0.717, 1.165) is 0 Å². The van der Waals surface area contributed by atoms with E-state index in [0.29, 0.717) is 30.0 Å². The molecule has 8 heteroatoms. The molecule has 1 aromatic heterocycles. The number of amides is 1. The summed E-state index contributed by atoms with van der Waals surface area (Å²) in [7, 11) is 1.54. The lowest BCUT2D eigenvalue weighted by atomic mass is 9.96. The van der Waals surface area contributed by atoms with E-state index in [9.17, 15) is 14.7 Å². The number of carbonyl (C=O) groups excluding carboxylic acids is 2. The number of pyridine rings is 1. The van der Waals surface area contributed by atoms with Gasteiger partial charge in [0.15, 0.2) is 0 Å². The fourth-order valence-electron chi connectivity index (χ4n) is 3.30. The number of ether oxygens (including phenoxy) is 1. The van der Waals surface area contributed by atoms with Gasteiger partial charge < -0.3 is 25.2 Å². The average Bonchev–Trinajstić information content (AvgIpc) is 3.01. The quantitative estimate of drug-likeness (QED) is 0.265. The fraction of sp³-hybridized carbons (Fsp3) is 0.286. The summed E-state index contributed by atoms with van der Waals surface area (Å²) in [6, 6.07) is 9.33. The molecule has 1 atom stereocenters. The third-order valence-electron chi connectivity index (χ3n) is 4.72. The van der Waals surface area contributed by atoms with E-state index in [2.05, 4.69) is 10.3 Å². The Hall–Kier alpha value is -3.23. The van der Waals surface area contributed by atoms with E-state index < -0.39 is 17.7 Å². The first-order valence-corrected chi connectivity index (χ1v) is 9.22. The molecule has 2 aromatic rings. The van der Waals surface area contributed by atoms with Gasteiger partial charge in [-0.3, -0.25) is 14.6 Å². The number of nitrogens with one attached hydrogen (secondary N) is 1. The van der Waals surface area contributed by atoms with Crippen LogP contribution in [-0.2, 0) is 9.59 Å². The van der Waals surface area contributed by atoms with Crippen molar-refractivity contribution >= 4 is 17.4 Å². The second kappa shape index (κ2) is 9.31. The molecule has 29 heavy (non-hydrogen) atoms. The highest BCUT2D eigenvalue weighted by Crippen LogP contribution is 2.38. The van der Waals surface area contributed by atoms with Crippen molar-refractivity contribution in [2.24, 2.45) is 0 Å². The maximum Gasteiger partial charge on any atom is 0.295 e. The van der Waals surface area contributed by atoms with Crippen molar-refractivity contribution in [3.05, 3.63) is 65.5 Å². The van der Waals surface area contributed by atoms with E-state index in [4.69, 9.17) is 9.84 Å². The van der Waals surface area contributed by atoms with Crippen LogP contribution >= 0.6 is 0 Å². The lowest BCUT2D eigenvalue weighted by Gasteiger charge is -2.25. The van der Waals surface area contributed by atoms with Gasteiger partial charge in [0.2, 0.25) is 0 Å². The van der Waals surface area contributed by atoms with E-state index >= 15 is 0 Å². The molecule has 0 bridgehead atoms. The SMILES string of the molecule is COc1ccc(C(O)=C2C(=O)C(=O)N(CCNCCO)[C@@H]2c2cccnc2)cc1. The molecule has 1 aliphatic rings. The standard InChI is InChI=1S/C21H23N3O5/c1-29-16-6-4-14(5-7-16)19(26)17-18(15-3-2-8-23-13-15)24(21(28)20(17)27)11-9-22-10-12-25/h2-8,13,18,22,25-26H,9-12H2,1H3/t18-/m1/s1. The third-order valence-corrected chi connectivity index (χ3v) is 4.72. The van der Waals surface area contributed by atoms with Gasteiger partial charge in [-0.1, -0.05) is 6.07 Å². The van der Waals surface area contributed by atoms with Gasteiger partial charge in [0.05, 0.1) is 25.3 Å².